The molecular formula is C23H25N3O4S. The maximum absolute atomic E-state index is 12.7. The molecule has 1 aliphatic heterocycles. The summed E-state index contributed by atoms with van der Waals surface area (Å²) in [5, 5.41) is 6.53. The number of carbonyl (C=O) groups excluding carboxylic acids is 2. The maximum Gasteiger partial charge on any atom is 0.338 e. The minimum Gasteiger partial charge on any atom is -0.496 e. The molecule has 3 rings (SSSR count). The van der Waals surface area contributed by atoms with Crippen molar-refractivity contribution in [1.29, 1.82) is 0 Å². The molecule has 0 radical (unpaired) electrons. The third-order valence-corrected chi connectivity index (χ3v) is 5.43. The first-order valence-corrected chi connectivity index (χ1v) is 10.8. The Morgan fingerprint density at radius 1 is 1.13 bits per heavy atom. The van der Waals surface area contributed by atoms with Crippen molar-refractivity contribution in [2.45, 2.75) is 19.9 Å². The highest BCUT2D eigenvalue weighted by atomic mass is 32.2. The second-order valence-corrected chi connectivity index (χ2v) is 7.63. The molecule has 0 aromatic heterocycles. The Kier molecular flexibility index (Phi) is 7.72. The fourth-order valence-corrected chi connectivity index (χ4v) is 3.91. The van der Waals surface area contributed by atoms with Crippen LogP contribution in [0, 0.1) is 0 Å². The molecule has 0 spiro atoms. The average Bonchev–Trinajstić information content (AvgIpc) is 2.78. The number of thioether (sulfide) groups is 1. The number of rotatable bonds is 7. The van der Waals surface area contributed by atoms with Crippen LogP contribution in [0.3, 0.4) is 0 Å². The van der Waals surface area contributed by atoms with Gasteiger partial charge in [-0.3, -0.25) is 4.79 Å². The van der Waals surface area contributed by atoms with Gasteiger partial charge >= 0.3 is 5.97 Å². The first kappa shape index (κ1) is 22.4. The summed E-state index contributed by atoms with van der Waals surface area (Å²) < 4.78 is 10.7. The van der Waals surface area contributed by atoms with E-state index >= 15 is 0 Å². The predicted molar refractivity (Wildman–Crippen MR) is 123 cm³/mol. The molecule has 8 heteroatoms. The molecule has 0 saturated carbocycles. The summed E-state index contributed by atoms with van der Waals surface area (Å²) in [6, 6.07) is 16.1. The molecule has 1 amide bonds. The van der Waals surface area contributed by atoms with Crippen molar-refractivity contribution in [3.05, 3.63) is 71.4 Å². The molecule has 2 aromatic carbocycles. The van der Waals surface area contributed by atoms with Crippen LogP contribution in [-0.2, 0) is 14.3 Å². The number of carbonyl (C=O) groups is 2. The van der Waals surface area contributed by atoms with E-state index in [0.717, 1.165) is 11.3 Å². The van der Waals surface area contributed by atoms with E-state index < -0.39 is 12.0 Å². The van der Waals surface area contributed by atoms with Gasteiger partial charge in [-0.1, -0.05) is 48.2 Å². The van der Waals surface area contributed by atoms with E-state index in [1.165, 1.54) is 11.8 Å². The minimum atomic E-state index is -0.601. The van der Waals surface area contributed by atoms with Crippen LogP contribution in [0.1, 0.15) is 25.5 Å². The number of nitrogens with one attached hydrogen (secondary N) is 2. The summed E-state index contributed by atoms with van der Waals surface area (Å²) in [6.45, 7) is 3.82. The van der Waals surface area contributed by atoms with Crippen LogP contribution < -0.4 is 15.4 Å². The van der Waals surface area contributed by atoms with Crippen LogP contribution in [0.15, 0.2) is 70.9 Å². The molecule has 1 heterocycles. The number of amides is 1. The Morgan fingerprint density at radius 3 is 2.55 bits per heavy atom. The Labute approximate surface area is 185 Å². The second kappa shape index (κ2) is 10.7. The third-order valence-electron chi connectivity index (χ3n) is 4.54. The zero-order valence-electron chi connectivity index (χ0n) is 17.7. The van der Waals surface area contributed by atoms with Gasteiger partial charge < -0.3 is 20.1 Å². The first-order chi connectivity index (χ1) is 15.0. The monoisotopic (exact) mass is 439 g/mol. The van der Waals surface area contributed by atoms with Crippen molar-refractivity contribution in [2.75, 3.05) is 24.8 Å². The zero-order valence-corrected chi connectivity index (χ0v) is 18.5. The van der Waals surface area contributed by atoms with Gasteiger partial charge in [-0.2, -0.15) is 0 Å². The maximum atomic E-state index is 12.7. The average molecular weight is 440 g/mol. The van der Waals surface area contributed by atoms with Crippen LogP contribution in [0.2, 0.25) is 0 Å². The third kappa shape index (κ3) is 5.67. The number of ether oxygens (including phenoxy) is 2. The molecule has 2 aromatic rings. The molecule has 0 fully saturated rings. The van der Waals surface area contributed by atoms with E-state index in [2.05, 4.69) is 10.6 Å². The van der Waals surface area contributed by atoms with Gasteiger partial charge in [0.15, 0.2) is 5.17 Å². The normalized spacial score (nSPS) is 15.6. The van der Waals surface area contributed by atoms with Crippen LogP contribution in [-0.4, -0.2) is 36.5 Å². The van der Waals surface area contributed by atoms with Crippen molar-refractivity contribution in [3.63, 3.8) is 0 Å². The Bertz CT molecular complexity index is 1000. The number of hydrogen-bond acceptors (Lipinski definition) is 7. The predicted octanol–water partition coefficient (Wildman–Crippen LogP) is 3.90. The fraction of sp³-hybridized carbons (Fsp3) is 0.261. The second-order valence-electron chi connectivity index (χ2n) is 6.67. The van der Waals surface area contributed by atoms with Crippen LogP contribution in [0.4, 0.5) is 5.69 Å². The molecule has 1 atom stereocenters. The lowest BCUT2D eigenvalue weighted by Gasteiger charge is -2.26. The van der Waals surface area contributed by atoms with Gasteiger partial charge in [0.25, 0.3) is 0 Å². The van der Waals surface area contributed by atoms with Gasteiger partial charge in [0.05, 0.1) is 25.0 Å². The smallest absolute Gasteiger partial charge is 0.338 e. The molecular weight excluding hydrogens is 414 g/mol. The summed E-state index contributed by atoms with van der Waals surface area (Å²) in [6.07, 6.45) is 0. The van der Waals surface area contributed by atoms with E-state index in [9.17, 15) is 9.59 Å². The topological polar surface area (TPSA) is 89.0 Å². The number of hydrogen-bond donors (Lipinski definition) is 2. The summed E-state index contributed by atoms with van der Waals surface area (Å²) >= 11 is 1.27. The van der Waals surface area contributed by atoms with Crippen molar-refractivity contribution in [2.24, 2.45) is 4.99 Å². The summed E-state index contributed by atoms with van der Waals surface area (Å²) in [5.74, 6) is 0.214. The van der Waals surface area contributed by atoms with E-state index in [4.69, 9.17) is 14.5 Å². The molecule has 0 saturated heterocycles. The van der Waals surface area contributed by atoms with Gasteiger partial charge in [0, 0.05) is 16.9 Å². The van der Waals surface area contributed by atoms with Gasteiger partial charge in [-0.05, 0) is 32.0 Å². The molecule has 7 nitrogen and oxygen atoms in total. The van der Waals surface area contributed by atoms with Crippen LogP contribution in [0.25, 0.3) is 0 Å². The summed E-state index contributed by atoms with van der Waals surface area (Å²) in [4.78, 5) is 29.7. The van der Waals surface area contributed by atoms with Crippen molar-refractivity contribution in [3.8, 4) is 5.75 Å². The Morgan fingerprint density at radius 2 is 1.84 bits per heavy atom. The zero-order chi connectivity index (χ0) is 22.2. The molecule has 0 aliphatic carbocycles. The summed E-state index contributed by atoms with van der Waals surface area (Å²) in [7, 11) is 1.58. The number of esters is 1. The van der Waals surface area contributed by atoms with Gasteiger partial charge in [0.1, 0.15) is 11.8 Å². The first-order valence-electron chi connectivity index (χ1n) is 9.86. The highest BCUT2D eigenvalue weighted by Crippen LogP contribution is 2.37. The largest absolute Gasteiger partial charge is 0.496 e. The van der Waals surface area contributed by atoms with E-state index in [1.807, 2.05) is 54.6 Å². The van der Waals surface area contributed by atoms with E-state index in [-0.39, 0.29) is 18.3 Å². The number of anilines is 1. The number of para-hydroxylation sites is 2. The lowest BCUT2D eigenvalue weighted by molar-refractivity contribution is -0.139. The lowest BCUT2D eigenvalue weighted by Crippen LogP contribution is -2.31. The molecule has 2 N–H and O–H groups in total. The van der Waals surface area contributed by atoms with Gasteiger partial charge in [-0.15, -0.1) is 0 Å². The molecule has 1 aliphatic rings. The van der Waals surface area contributed by atoms with Crippen LogP contribution in [0.5, 0.6) is 5.75 Å². The number of nitrogens with zero attached hydrogens (tertiary/aromatic N) is 1. The number of benzene rings is 2. The minimum absolute atomic E-state index is 0.146. The number of amidine groups is 1. The lowest BCUT2D eigenvalue weighted by atomic mass is 9.96. The molecule has 0 unspecified atom stereocenters. The number of aliphatic imine (C=N–C) groups is 1. The van der Waals surface area contributed by atoms with Crippen molar-refractivity contribution >= 4 is 34.5 Å². The fourth-order valence-electron chi connectivity index (χ4n) is 3.16. The van der Waals surface area contributed by atoms with Gasteiger partial charge in [-0.25, -0.2) is 9.79 Å². The molecule has 31 heavy (non-hydrogen) atoms. The SMILES string of the molecule is CCOC(=O)C1=C(C)NC(SCC(=O)Nc2ccccc2)=N[C@H]1c1ccccc1OC. The highest BCUT2D eigenvalue weighted by Gasteiger charge is 2.32. The van der Waals surface area contributed by atoms with Gasteiger partial charge in [0.2, 0.25) is 5.91 Å². The van der Waals surface area contributed by atoms with Crippen molar-refractivity contribution in [1.82, 2.24) is 5.32 Å². The molecule has 162 valence electrons. The highest BCUT2D eigenvalue weighted by molar-refractivity contribution is 8.14. The van der Waals surface area contributed by atoms with Crippen molar-refractivity contribution < 1.29 is 19.1 Å². The number of allylic oxidation sites excluding steroid dienone is 1. The van der Waals surface area contributed by atoms with E-state index in [0.29, 0.717) is 22.2 Å². The number of methoxy groups -OCH3 is 1. The Balaban J connectivity index is 1.82. The standard InChI is InChI=1S/C23H25N3O4S/c1-4-30-22(28)20-15(2)24-23(26-21(20)17-12-8-9-13-18(17)29-3)31-14-19(27)25-16-10-6-5-7-11-16/h5-13,21H,4,14H2,1-3H3,(H,24,26)(H,25,27)/t21-/m0/s1. The quantitative estimate of drug-likeness (QED) is 0.636. The van der Waals surface area contributed by atoms with E-state index in [1.54, 1.807) is 21.0 Å². The van der Waals surface area contributed by atoms with Crippen LogP contribution >= 0.6 is 11.8 Å². The Hall–Kier alpha value is -3.26. The molecule has 0 bridgehead atoms. The summed E-state index contributed by atoms with van der Waals surface area (Å²) in [5.41, 5.74) is 2.54.